The SMILES string of the molecule is CNC(=O)c1ccc2c(Cl)c(C(=N)c3c(N)ncnc3NC3CCCCC3)[nH]c2c1. The Balaban J connectivity index is 1.73. The smallest absolute Gasteiger partial charge is 0.251 e. The fourth-order valence-corrected chi connectivity index (χ4v) is 4.25. The number of fused-ring (bicyclic) bond motifs is 1. The van der Waals surface area contributed by atoms with Crippen molar-refractivity contribution in [3.63, 3.8) is 0 Å². The van der Waals surface area contributed by atoms with Crippen molar-refractivity contribution in [3.8, 4) is 0 Å². The number of aromatic amines is 1. The Bertz CT molecular complexity index is 1120. The number of aromatic nitrogens is 3. The molecule has 156 valence electrons. The highest BCUT2D eigenvalue weighted by Crippen LogP contribution is 2.32. The largest absolute Gasteiger partial charge is 0.383 e. The summed E-state index contributed by atoms with van der Waals surface area (Å²) in [5.74, 6) is 0.563. The average Bonchev–Trinajstić information content (AvgIpc) is 3.09. The highest BCUT2D eigenvalue weighted by Gasteiger charge is 2.23. The van der Waals surface area contributed by atoms with Crippen LogP contribution in [-0.4, -0.2) is 39.7 Å². The summed E-state index contributed by atoms with van der Waals surface area (Å²) in [6.45, 7) is 0. The first-order chi connectivity index (χ1) is 14.5. The fourth-order valence-electron chi connectivity index (χ4n) is 3.94. The van der Waals surface area contributed by atoms with E-state index < -0.39 is 0 Å². The van der Waals surface area contributed by atoms with Gasteiger partial charge >= 0.3 is 0 Å². The van der Waals surface area contributed by atoms with Crippen molar-refractivity contribution >= 4 is 45.8 Å². The third-order valence-electron chi connectivity index (χ3n) is 5.55. The van der Waals surface area contributed by atoms with Gasteiger partial charge in [0.25, 0.3) is 5.91 Å². The standard InChI is InChI=1S/C21H24ClN7O/c1-25-21(30)11-7-8-13-14(9-11)29-18(16(13)22)17(23)15-19(24)26-10-27-20(15)28-12-5-3-2-4-6-12/h7-10,12,23,29H,2-6H2,1H3,(H,25,30)(H3,24,26,27,28). The molecule has 3 aromatic rings. The Morgan fingerprint density at radius 2 is 2.03 bits per heavy atom. The van der Waals surface area contributed by atoms with Crippen molar-refractivity contribution in [2.24, 2.45) is 0 Å². The van der Waals surface area contributed by atoms with Gasteiger partial charge in [0.05, 0.1) is 22.0 Å². The summed E-state index contributed by atoms with van der Waals surface area (Å²) in [7, 11) is 1.58. The second-order valence-electron chi connectivity index (χ2n) is 7.49. The predicted molar refractivity (Wildman–Crippen MR) is 120 cm³/mol. The number of halogens is 1. The molecule has 1 fully saturated rings. The molecule has 2 heterocycles. The van der Waals surface area contributed by atoms with Gasteiger partial charge in [-0.25, -0.2) is 9.97 Å². The van der Waals surface area contributed by atoms with Crippen LogP contribution >= 0.6 is 11.6 Å². The molecule has 8 nitrogen and oxygen atoms in total. The number of benzene rings is 1. The highest BCUT2D eigenvalue weighted by molar-refractivity contribution is 6.40. The third kappa shape index (κ3) is 3.70. The molecule has 2 aromatic heterocycles. The summed E-state index contributed by atoms with van der Waals surface area (Å²) >= 11 is 6.59. The van der Waals surface area contributed by atoms with Gasteiger partial charge in [0, 0.05) is 29.6 Å². The second-order valence-corrected chi connectivity index (χ2v) is 7.87. The van der Waals surface area contributed by atoms with Crippen LogP contribution in [0.2, 0.25) is 5.02 Å². The molecule has 0 bridgehead atoms. The fraction of sp³-hybridized carbons (Fsp3) is 0.333. The zero-order chi connectivity index (χ0) is 21.3. The van der Waals surface area contributed by atoms with E-state index in [9.17, 15) is 4.79 Å². The maximum Gasteiger partial charge on any atom is 0.251 e. The lowest BCUT2D eigenvalue weighted by molar-refractivity contribution is 0.0963. The van der Waals surface area contributed by atoms with Crippen molar-refractivity contribution in [1.82, 2.24) is 20.3 Å². The summed E-state index contributed by atoms with van der Waals surface area (Å²) in [5, 5.41) is 16.0. The van der Waals surface area contributed by atoms with Crippen LogP contribution in [-0.2, 0) is 0 Å². The van der Waals surface area contributed by atoms with E-state index >= 15 is 0 Å². The van der Waals surface area contributed by atoms with E-state index in [0.29, 0.717) is 39.2 Å². The number of nitrogens with one attached hydrogen (secondary N) is 4. The molecule has 1 saturated carbocycles. The topological polar surface area (TPSA) is 133 Å². The van der Waals surface area contributed by atoms with Crippen LogP contribution < -0.4 is 16.4 Å². The summed E-state index contributed by atoms with van der Waals surface area (Å²) in [6.07, 6.45) is 7.12. The van der Waals surface area contributed by atoms with Crippen LogP contribution in [0.15, 0.2) is 24.5 Å². The Morgan fingerprint density at radius 3 is 2.77 bits per heavy atom. The van der Waals surface area contributed by atoms with Crippen LogP contribution in [0.3, 0.4) is 0 Å². The van der Waals surface area contributed by atoms with E-state index in [4.69, 9.17) is 22.7 Å². The van der Waals surface area contributed by atoms with E-state index in [2.05, 4.69) is 25.6 Å². The van der Waals surface area contributed by atoms with E-state index in [0.717, 1.165) is 18.2 Å². The predicted octanol–water partition coefficient (Wildman–Crippen LogP) is 3.71. The van der Waals surface area contributed by atoms with Gasteiger partial charge in [0.15, 0.2) is 0 Å². The monoisotopic (exact) mass is 425 g/mol. The summed E-state index contributed by atoms with van der Waals surface area (Å²) in [4.78, 5) is 23.6. The molecule has 4 rings (SSSR count). The van der Waals surface area contributed by atoms with Crippen LogP contribution in [0.4, 0.5) is 11.6 Å². The van der Waals surface area contributed by atoms with Gasteiger partial charge in [0.1, 0.15) is 18.0 Å². The molecule has 9 heteroatoms. The third-order valence-corrected chi connectivity index (χ3v) is 5.94. The molecular formula is C21H24ClN7O. The molecule has 0 aliphatic heterocycles. The second kappa shape index (κ2) is 8.31. The molecule has 30 heavy (non-hydrogen) atoms. The van der Waals surface area contributed by atoms with Crippen molar-refractivity contribution < 1.29 is 4.79 Å². The Hall–Kier alpha value is -3.13. The minimum Gasteiger partial charge on any atom is -0.383 e. The Morgan fingerprint density at radius 1 is 1.27 bits per heavy atom. The summed E-state index contributed by atoms with van der Waals surface area (Å²) in [6, 6.07) is 5.47. The van der Waals surface area contributed by atoms with E-state index in [1.165, 1.54) is 25.6 Å². The maximum absolute atomic E-state index is 11.9. The number of rotatable bonds is 5. The summed E-state index contributed by atoms with van der Waals surface area (Å²) in [5.41, 5.74) is 8.25. The maximum atomic E-state index is 11.9. The van der Waals surface area contributed by atoms with Crippen LogP contribution in [0.25, 0.3) is 10.9 Å². The molecule has 1 aromatic carbocycles. The molecule has 0 unspecified atom stereocenters. The van der Waals surface area contributed by atoms with E-state index in [1.807, 2.05) is 0 Å². The first kappa shape index (κ1) is 20.2. The van der Waals surface area contributed by atoms with Crippen LogP contribution in [0, 0.1) is 5.41 Å². The van der Waals surface area contributed by atoms with Gasteiger partial charge < -0.3 is 21.4 Å². The minimum atomic E-state index is -0.195. The van der Waals surface area contributed by atoms with Gasteiger partial charge in [-0.1, -0.05) is 36.9 Å². The Labute approximate surface area is 179 Å². The first-order valence-corrected chi connectivity index (χ1v) is 10.4. The Kier molecular flexibility index (Phi) is 5.59. The molecule has 0 saturated heterocycles. The van der Waals surface area contributed by atoms with Crippen LogP contribution in [0.1, 0.15) is 53.7 Å². The molecule has 1 aliphatic carbocycles. The van der Waals surface area contributed by atoms with Crippen LogP contribution in [0.5, 0.6) is 0 Å². The summed E-state index contributed by atoms with van der Waals surface area (Å²) < 4.78 is 0. The van der Waals surface area contributed by atoms with Gasteiger partial charge in [-0.3, -0.25) is 10.2 Å². The quantitative estimate of drug-likeness (QED) is 0.397. The van der Waals surface area contributed by atoms with E-state index in [1.54, 1.807) is 25.2 Å². The normalized spacial score (nSPS) is 14.6. The first-order valence-electron chi connectivity index (χ1n) is 9.99. The molecule has 1 amide bonds. The number of H-pyrrole nitrogens is 1. The average molecular weight is 426 g/mol. The van der Waals surface area contributed by atoms with Crippen molar-refractivity contribution in [2.75, 3.05) is 18.1 Å². The molecule has 6 N–H and O–H groups in total. The number of carbonyl (C=O) groups excluding carboxylic acids is 1. The molecule has 0 radical (unpaired) electrons. The van der Waals surface area contributed by atoms with Gasteiger partial charge in [-0.15, -0.1) is 0 Å². The molecule has 0 spiro atoms. The molecule has 1 aliphatic rings. The van der Waals surface area contributed by atoms with Gasteiger partial charge in [-0.05, 0) is 25.0 Å². The lowest BCUT2D eigenvalue weighted by Gasteiger charge is -2.24. The zero-order valence-electron chi connectivity index (χ0n) is 16.7. The zero-order valence-corrected chi connectivity index (χ0v) is 17.4. The van der Waals surface area contributed by atoms with E-state index in [-0.39, 0.29) is 17.4 Å². The number of hydrogen-bond acceptors (Lipinski definition) is 6. The molecule has 0 atom stereocenters. The van der Waals surface area contributed by atoms with Gasteiger partial charge in [0.2, 0.25) is 0 Å². The lowest BCUT2D eigenvalue weighted by atomic mass is 9.95. The number of amides is 1. The van der Waals surface area contributed by atoms with Crippen molar-refractivity contribution in [3.05, 3.63) is 46.4 Å². The lowest BCUT2D eigenvalue weighted by Crippen LogP contribution is -2.25. The number of anilines is 2. The van der Waals surface area contributed by atoms with Gasteiger partial charge in [-0.2, -0.15) is 0 Å². The minimum absolute atomic E-state index is 0.106. The van der Waals surface area contributed by atoms with Crippen molar-refractivity contribution in [2.45, 2.75) is 38.1 Å². The number of carbonyl (C=O) groups is 1. The number of nitrogens with two attached hydrogens (primary N) is 1. The number of nitrogen functional groups attached to an aromatic ring is 1. The number of nitrogens with zero attached hydrogens (tertiary/aromatic N) is 2. The highest BCUT2D eigenvalue weighted by atomic mass is 35.5. The van der Waals surface area contributed by atoms with Crippen molar-refractivity contribution in [1.29, 1.82) is 5.41 Å². The molecular weight excluding hydrogens is 402 g/mol. The number of hydrogen-bond donors (Lipinski definition) is 5.